The van der Waals surface area contributed by atoms with Gasteiger partial charge in [-0.25, -0.2) is 0 Å². The molecule has 7 heteroatoms. The second-order valence-electron chi connectivity index (χ2n) is 7.04. The molecule has 4 aromatic heterocycles. The number of aliphatic imine (C=N–C) groups is 1. The number of pyridine rings is 1. The molecule has 0 saturated heterocycles. The SMILES string of the molecule is CN=CCn1cc(-c2cc3c(ccc4nnc(C)n43)n2Cc2ccccc2)cn1. The van der Waals surface area contributed by atoms with Gasteiger partial charge in [-0.3, -0.25) is 14.1 Å². The molecule has 0 aliphatic carbocycles. The standard InChI is InChI=1S/C22H21N7/c1-16-25-26-22-9-8-19-21(29(16)22)12-20(18-13-24-27(15-18)11-10-23-2)28(19)14-17-6-4-3-5-7-17/h3-10,12-13,15H,11,14H2,1-2H3. The number of aromatic nitrogens is 6. The Morgan fingerprint density at radius 3 is 2.72 bits per heavy atom. The van der Waals surface area contributed by atoms with Crippen LogP contribution < -0.4 is 0 Å². The lowest BCUT2D eigenvalue weighted by atomic mass is 10.2. The average molecular weight is 383 g/mol. The minimum absolute atomic E-state index is 0.657. The molecular weight excluding hydrogens is 362 g/mol. The Hall–Kier alpha value is -3.74. The normalized spacial score (nSPS) is 11.9. The number of hydrogen-bond acceptors (Lipinski definition) is 4. The minimum Gasteiger partial charge on any atom is -0.335 e. The summed E-state index contributed by atoms with van der Waals surface area (Å²) in [6, 6.07) is 16.8. The summed E-state index contributed by atoms with van der Waals surface area (Å²) in [7, 11) is 1.77. The lowest BCUT2D eigenvalue weighted by Crippen LogP contribution is -2.02. The lowest BCUT2D eigenvalue weighted by Gasteiger charge is -2.10. The van der Waals surface area contributed by atoms with Crippen LogP contribution in [0.4, 0.5) is 0 Å². The summed E-state index contributed by atoms with van der Waals surface area (Å²) in [5, 5.41) is 13.0. The number of nitrogens with zero attached hydrogens (tertiary/aromatic N) is 7. The van der Waals surface area contributed by atoms with E-state index in [1.54, 1.807) is 7.05 Å². The maximum atomic E-state index is 4.50. The van der Waals surface area contributed by atoms with Crippen molar-refractivity contribution >= 4 is 22.9 Å². The smallest absolute Gasteiger partial charge is 0.161 e. The highest BCUT2D eigenvalue weighted by atomic mass is 15.3. The summed E-state index contributed by atoms with van der Waals surface area (Å²) >= 11 is 0. The maximum Gasteiger partial charge on any atom is 0.161 e. The highest BCUT2D eigenvalue weighted by Gasteiger charge is 2.16. The van der Waals surface area contributed by atoms with Gasteiger partial charge in [0.25, 0.3) is 0 Å². The molecule has 0 aliphatic heterocycles. The molecule has 0 aliphatic rings. The maximum absolute atomic E-state index is 4.50. The number of aryl methyl sites for hydroxylation is 1. The van der Waals surface area contributed by atoms with E-state index in [9.17, 15) is 0 Å². The molecular formula is C22H21N7. The van der Waals surface area contributed by atoms with E-state index in [-0.39, 0.29) is 0 Å². The summed E-state index contributed by atoms with van der Waals surface area (Å²) < 4.78 is 6.33. The van der Waals surface area contributed by atoms with Crippen LogP contribution >= 0.6 is 0 Å². The summed E-state index contributed by atoms with van der Waals surface area (Å²) in [6.07, 6.45) is 5.82. The predicted molar refractivity (Wildman–Crippen MR) is 114 cm³/mol. The van der Waals surface area contributed by atoms with Crippen molar-refractivity contribution in [2.24, 2.45) is 4.99 Å². The number of hydrogen-bond donors (Lipinski definition) is 0. The number of benzene rings is 1. The van der Waals surface area contributed by atoms with Gasteiger partial charge in [0.1, 0.15) is 5.82 Å². The molecule has 0 amide bonds. The molecule has 0 saturated carbocycles. The van der Waals surface area contributed by atoms with Gasteiger partial charge in [0.2, 0.25) is 0 Å². The summed E-state index contributed by atoms with van der Waals surface area (Å²) in [4.78, 5) is 4.05. The number of fused-ring (bicyclic) bond motifs is 3. The van der Waals surface area contributed by atoms with Gasteiger partial charge in [-0.2, -0.15) is 5.10 Å². The van der Waals surface area contributed by atoms with E-state index >= 15 is 0 Å². The zero-order valence-corrected chi connectivity index (χ0v) is 16.4. The van der Waals surface area contributed by atoms with Crippen LogP contribution in [0.25, 0.3) is 27.9 Å². The van der Waals surface area contributed by atoms with Crippen LogP contribution in [0.5, 0.6) is 0 Å². The fourth-order valence-electron chi connectivity index (χ4n) is 3.78. The van der Waals surface area contributed by atoms with E-state index in [2.05, 4.69) is 71.9 Å². The molecule has 144 valence electrons. The molecule has 0 unspecified atom stereocenters. The first-order valence-electron chi connectivity index (χ1n) is 9.56. The van der Waals surface area contributed by atoms with Gasteiger partial charge in [-0.15, -0.1) is 10.2 Å². The van der Waals surface area contributed by atoms with Crippen molar-refractivity contribution < 1.29 is 0 Å². The summed E-state index contributed by atoms with van der Waals surface area (Å²) in [6.45, 7) is 3.41. The fraction of sp³-hybridized carbons (Fsp3) is 0.182. The molecule has 0 atom stereocenters. The van der Waals surface area contributed by atoms with Gasteiger partial charge in [0.05, 0.1) is 29.5 Å². The van der Waals surface area contributed by atoms with E-state index in [1.807, 2.05) is 36.1 Å². The fourth-order valence-corrected chi connectivity index (χ4v) is 3.78. The third-order valence-electron chi connectivity index (χ3n) is 5.16. The lowest BCUT2D eigenvalue weighted by molar-refractivity contribution is 0.731. The summed E-state index contributed by atoms with van der Waals surface area (Å²) in [5.41, 5.74) is 6.52. The van der Waals surface area contributed by atoms with Crippen LogP contribution in [-0.2, 0) is 13.1 Å². The van der Waals surface area contributed by atoms with Gasteiger partial charge < -0.3 is 4.57 Å². The Morgan fingerprint density at radius 1 is 1.03 bits per heavy atom. The predicted octanol–water partition coefficient (Wildman–Crippen LogP) is 3.60. The molecule has 0 radical (unpaired) electrons. The average Bonchev–Trinajstić information content (AvgIpc) is 3.45. The van der Waals surface area contributed by atoms with Crippen LogP contribution in [0.1, 0.15) is 11.4 Å². The van der Waals surface area contributed by atoms with E-state index < -0.39 is 0 Å². The molecule has 0 fully saturated rings. The van der Waals surface area contributed by atoms with E-state index in [0.717, 1.165) is 40.3 Å². The molecule has 5 rings (SSSR count). The van der Waals surface area contributed by atoms with Gasteiger partial charge in [0, 0.05) is 31.6 Å². The molecule has 29 heavy (non-hydrogen) atoms. The van der Waals surface area contributed by atoms with Crippen molar-refractivity contribution in [2.75, 3.05) is 7.05 Å². The number of rotatable bonds is 5. The highest BCUT2D eigenvalue weighted by molar-refractivity contribution is 5.86. The monoisotopic (exact) mass is 383 g/mol. The first-order valence-corrected chi connectivity index (χ1v) is 9.56. The third kappa shape index (κ3) is 3.00. The first kappa shape index (κ1) is 17.4. The quantitative estimate of drug-likeness (QED) is 0.436. The van der Waals surface area contributed by atoms with Crippen molar-refractivity contribution in [3.8, 4) is 11.3 Å². The van der Waals surface area contributed by atoms with Crippen LogP contribution in [0, 0.1) is 6.92 Å². The Bertz CT molecular complexity index is 1320. The third-order valence-corrected chi connectivity index (χ3v) is 5.16. The van der Waals surface area contributed by atoms with Crippen molar-refractivity contribution in [3.05, 3.63) is 72.3 Å². The zero-order chi connectivity index (χ0) is 19.8. The van der Waals surface area contributed by atoms with Crippen molar-refractivity contribution in [2.45, 2.75) is 20.0 Å². The topological polar surface area (TPSA) is 65.3 Å². The molecule has 4 heterocycles. The van der Waals surface area contributed by atoms with Crippen LogP contribution in [0.3, 0.4) is 0 Å². The van der Waals surface area contributed by atoms with Gasteiger partial charge in [-0.05, 0) is 30.7 Å². The van der Waals surface area contributed by atoms with E-state index in [4.69, 9.17) is 0 Å². The van der Waals surface area contributed by atoms with Crippen molar-refractivity contribution in [1.82, 2.24) is 28.9 Å². The Balaban J connectivity index is 1.72. The molecule has 0 spiro atoms. The van der Waals surface area contributed by atoms with Gasteiger partial charge in [-0.1, -0.05) is 30.3 Å². The minimum atomic E-state index is 0.657. The Kier molecular flexibility index (Phi) is 4.20. The van der Waals surface area contributed by atoms with Gasteiger partial charge in [0.15, 0.2) is 5.65 Å². The van der Waals surface area contributed by atoms with Crippen molar-refractivity contribution in [1.29, 1.82) is 0 Å². The second-order valence-corrected chi connectivity index (χ2v) is 7.04. The Morgan fingerprint density at radius 2 is 1.90 bits per heavy atom. The van der Waals surface area contributed by atoms with Crippen molar-refractivity contribution in [3.63, 3.8) is 0 Å². The molecule has 1 aromatic carbocycles. The second kappa shape index (κ2) is 7.01. The van der Waals surface area contributed by atoms with Crippen LogP contribution in [-0.4, -0.2) is 42.2 Å². The first-order chi connectivity index (χ1) is 14.2. The summed E-state index contributed by atoms with van der Waals surface area (Å²) in [5.74, 6) is 0.879. The molecule has 0 N–H and O–H groups in total. The highest BCUT2D eigenvalue weighted by Crippen LogP contribution is 2.30. The van der Waals surface area contributed by atoms with Crippen LogP contribution in [0.15, 0.2) is 65.9 Å². The van der Waals surface area contributed by atoms with E-state index in [1.165, 1.54) is 5.56 Å². The molecule has 5 aromatic rings. The molecule has 7 nitrogen and oxygen atoms in total. The Labute approximate surface area is 167 Å². The van der Waals surface area contributed by atoms with Crippen LogP contribution in [0.2, 0.25) is 0 Å². The molecule has 0 bridgehead atoms. The van der Waals surface area contributed by atoms with Gasteiger partial charge >= 0.3 is 0 Å². The zero-order valence-electron chi connectivity index (χ0n) is 16.4. The largest absolute Gasteiger partial charge is 0.335 e. The van der Waals surface area contributed by atoms with E-state index in [0.29, 0.717) is 6.54 Å².